The number of anilines is 1. The largest absolute Gasteiger partial charge is 0.519 e. The molecule has 1 aromatic carbocycles. The Morgan fingerprint density at radius 2 is 1.86 bits per heavy atom. The van der Waals surface area contributed by atoms with Crippen LogP contribution < -0.4 is 20.9 Å². The van der Waals surface area contributed by atoms with E-state index in [1.807, 2.05) is 9.47 Å². The van der Waals surface area contributed by atoms with E-state index in [4.69, 9.17) is 13.9 Å². The maximum Gasteiger partial charge on any atom is 0.519 e. The number of fused-ring (bicyclic) bond motifs is 2. The number of rotatable bonds is 4. The minimum absolute atomic E-state index is 0.0264. The second-order valence-electron chi connectivity index (χ2n) is 9.32. The minimum atomic E-state index is -1.58. The van der Waals surface area contributed by atoms with Gasteiger partial charge in [0.1, 0.15) is 5.82 Å². The number of ether oxygens (including phenoxy) is 1. The van der Waals surface area contributed by atoms with Crippen LogP contribution in [0.25, 0.3) is 10.9 Å². The Kier molecular flexibility index (Phi) is 5.17. The van der Waals surface area contributed by atoms with Crippen LogP contribution in [0.15, 0.2) is 36.8 Å². The van der Waals surface area contributed by atoms with Crippen LogP contribution in [0, 0.1) is 5.82 Å². The minimum Gasteiger partial charge on any atom is -0.449 e. The number of carbonyl (C=O) groups is 1. The molecule has 184 valence electrons. The predicted octanol–water partition coefficient (Wildman–Crippen LogP) is 3.28. The Hall–Kier alpha value is -3.60. The SMILES string of the molecule is O=C(O)Oc1cn(C2CC2)c2cc(N3CCN(C4CCCc5oc(=O)oc54)CC3)c(F)cc2c1=O. The number of carboxylic acid groups (broad SMARTS) is 1. The summed E-state index contributed by atoms with van der Waals surface area (Å²) in [6.45, 7) is 2.42. The first-order chi connectivity index (χ1) is 16.9. The van der Waals surface area contributed by atoms with Gasteiger partial charge in [0.05, 0.1) is 28.8 Å². The molecule has 11 heteroatoms. The van der Waals surface area contributed by atoms with Crippen LogP contribution in [-0.2, 0) is 6.42 Å². The van der Waals surface area contributed by atoms with Crippen molar-refractivity contribution in [1.82, 2.24) is 9.47 Å². The summed E-state index contributed by atoms with van der Waals surface area (Å²) in [6.07, 6.45) is 4.09. The standard InChI is InChI=1S/C24H24FN3O7/c25-15-10-14-17(28(13-4-5-13)12-20(21(14)29)33-23(30)31)11-18(15)27-8-6-26(7-9-27)16-2-1-3-19-22(16)35-24(32)34-19/h10-13,16H,1-9H2,(H,30,31). The molecule has 2 fully saturated rings. The zero-order valence-electron chi connectivity index (χ0n) is 18.9. The van der Waals surface area contributed by atoms with Crippen molar-refractivity contribution in [3.05, 3.63) is 56.5 Å². The topological polar surface area (TPSA) is 118 Å². The summed E-state index contributed by atoms with van der Waals surface area (Å²) in [5.41, 5.74) is 0.312. The maximum absolute atomic E-state index is 15.3. The molecule has 0 radical (unpaired) electrons. The van der Waals surface area contributed by atoms with Gasteiger partial charge in [0.15, 0.2) is 17.3 Å². The van der Waals surface area contributed by atoms with Gasteiger partial charge >= 0.3 is 12.0 Å². The molecule has 0 bridgehead atoms. The van der Waals surface area contributed by atoms with Crippen LogP contribution in [0.3, 0.4) is 0 Å². The molecule has 1 saturated heterocycles. The number of piperazine rings is 1. The van der Waals surface area contributed by atoms with Crippen molar-refractivity contribution >= 4 is 22.7 Å². The van der Waals surface area contributed by atoms with E-state index in [1.54, 1.807) is 6.07 Å². The summed E-state index contributed by atoms with van der Waals surface area (Å²) >= 11 is 0. The smallest absolute Gasteiger partial charge is 0.449 e. The zero-order valence-corrected chi connectivity index (χ0v) is 18.9. The number of pyridine rings is 1. The third-order valence-corrected chi connectivity index (χ3v) is 7.16. The third kappa shape index (κ3) is 3.89. The van der Waals surface area contributed by atoms with Crippen molar-refractivity contribution in [3.63, 3.8) is 0 Å². The second-order valence-corrected chi connectivity index (χ2v) is 9.32. The van der Waals surface area contributed by atoms with Gasteiger partial charge in [-0.3, -0.25) is 9.69 Å². The highest BCUT2D eigenvalue weighted by molar-refractivity contribution is 5.85. The fourth-order valence-electron chi connectivity index (χ4n) is 5.35. The van der Waals surface area contributed by atoms with Crippen LogP contribution >= 0.6 is 0 Å². The number of hydrogen-bond acceptors (Lipinski definition) is 8. The molecule has 1 unspecified atom stereocenters. The van der Waals surface area contributed by atoms with E-state index in [0.717, 1.165) is 25.7 Å². The molecular formula is C24H24FN3O7. The van der Waals surface area contributed by atoms with Gasteiger partial charge in [-0.2, -0.15) is 0 Å². The molecule has 6 rings (SSSR count). The molecule has 3 aromatic rings. The van der Waals surface area contributed by atoms with Crippen molar-refractivity contribution in [3.8, 4) is 5.75 Å². The first-order valence-electron chi connectivity index (χ1n) is 11.8. The molecule has 1 saturated carbocycles. The number of aromatic nitrogens is 1. The summed E-state index contributed by atoms with van der Waals surface area (Å²) in [5, 5.41) is 9.06. The Morgan fingerprint density at radius 1 is 1.09 bits per heavy atom. The Balaban J connectivity index is 1.29. The fraction of sp³-hybridized carbons (Fsp3) is 0.458. The molecular weight excluding hydrogens is 461 g/mol. The molecule has 10 nitrogen and oxygen atoms in total. The summed E-state index contributed by atoms with van der Waals surface area (Å²) in [5.74, 6) is -0.301. The van der Waals surface area contributed by atoms with E-state index in [9.17, 15) is 14.4 Å². The highest BCUT2D eigenvalue weighted by Gasteiger charge is 2.34. The first kappa shape index (κ1) is 21.9. The van der Waals surface area contributed by atoms with Gasteiger partial charge in [0, 0.05) is 38.6 Å². The van der Waals surface area contributed by atoms with Crippen LogP contribution in [0.4, 0.5) is 14.9 Å². The van der Waals surface area contributed by atoms with Gasteiger partial charge in [0.2, 0.25) is 5.43 Å². The molecule has 35 heavy (non-hydrogen) atoms. The van der Waals surface area contributed by atoms with Gasteiger partial charge in [-0.05, 0) is 37.8 Å². The fourth-order valence-corrected chi connectivity index (χ4v) is 5.35. The average molecular weight is 485 g/mol. The van der Waals surface area contributed by atoms with Gasteiger partial charge in [0.25, 0.3) is 0 Å². The van der Waals surface area contributed by atoms with Gasteiger partial charge < -0.3 is 28.1 Å². The molecule has 2 aromatic heterocycles. The summed E-state index contributed by atoms with van der Waals surface area (Å²) in [6, 6.07) is 2.95. The van der Waals surface area contributed by atoms with E-state index in [2.05, 4.69) is 9.64 Å². The number of halogens is 1. The lowest BCUT2D eigenvalue weighted by Gasteiger charge is -2.40. The molecule has 1 atom stereocenters. The highest BCUT2D eigenvalue weighted by atomic mass is 19.1. The lowest BCUT2D eigenvalue weighted by atomic mass is 9.96. The van der Waals surface area contributed by atoms with E-state index in [0.29, 0.717) is 55.3 Å². The normalized spacial score (nSPS) is 20.7. The zero-order chi connectivity index (χ0) is 24.3. The Morgan fingerprint density at radius 3 is 2.57 bits per heavy atom. The predicted molar refractivity (Wildman–Crippen MR) is 122 cm³/mol. The van der Waals surface area contributed by atoms with Crippen molar-refractivity contribution in [2.45, 2.75) is 44.2 Å². The number of aryl methyl sites for hydroxylation is 1. The van der Waals surface area contributed by atoms with Crippen molar-refractivity contribution in [1.29, 1.82) is 0 Å². The average Bonchev–Trinajstić information content (AvgIpc) is 3.60. The van der Waals surface area contributed by atoms with Crippen LogP contribution in [0.2, 0.25) is 0 Å². The summed E-state index contributed by atoms with van der Waals surface area (Å²) in [7, 11) is 0. The van der Waals surface area contributed by atoms with E-state index < -0.39 is 23.2 Å². The van der Waals surface area contributed by atoms with Crippen LogP contribution in [0.5, 0.6) is 5.75 Å². The summed E-state index contributed by atoms with van der Waals surface area (Å²) in [4.78, 5) is 39.6. The van der Waals surface area contributed by atoms with E-state index in [-0.39, 0.29) is 23.2 Å². The second kappa shape index (κ2) is 8.26. The molecule has 3 heterocycles. The number of nitrogens with zero attached hydrogens (tertiary/aromatic N) is 3. The van der Waals surface area contributed by atoms with Crippen LogP contribution in [0.1, 0.15) is 49.3 Å². The Bertz CT molecular complexity index is 1430. The number of benzene rings is 1. The van der Waals surface area contributed by atoms with E-state index in [1.165, 1.54) is 12.3 Å². The molecule has 3 aliphatic rings. The van der Waals surface area contributed by atoms with E-state index >= 15 is 4.39 Å². The quantitative estimate of drug-likeness (QED) is 0.556. The lowest BCUT2D eigenvalue weighted by molar-refractivity contribution is 0.143. The van der Waals surface area contributed by atoms with Gasteiger partial charge in [-0.15, -0.1) is 0 Å². The Labute approximate surface area is 198 Å². The molecule has 2 aliphatic carbocycles. The summed E-state index contributed by atoms with van der Waals surface area (Å²) < 4.78 is 32.2. The third-order valence-electron chi connectivity index (χ3n) is 7.16. The molecule has 1 aliphatic heterocycles. The van der Waals surface area contributed by atoms with Crippen molar-refractivity contribution in [2.24, 2.45) is 0 Å². The molecule has 1 N–H and O–H groups in total. The van der Waals surface area contributed by atoms with Crippen LogP contribution in [-0.4, -0.2) is 46.9 Å². The monoisotopic (exact) mass is 485 g/mol. The molecule has 0 spiro atoms. The van der Waals surface area contributed by atoms with Gasteiger partial charge in [-0.1, -0.05) is 0 Å². The van der Waals surface area contributed by atoms with Crippen molar-refractivity contribution in [2.75, 3.05) is 31.1 Å². The first-order valence-corrected chi connectivity index (χ1v) is 11.8. The van der Waals surface area contributed by atoms with Gasteiger partial charge in [-0.25, -0.2) is 14.0 Å². The molecule has 0 amide bonds. The number of hydrogen-bond donors (Lipinski definition) is 1. The lowest BCUT2D eigenvalue weighted by Crippen LogP contribution is -2.48. The maximum atomic E-state index is 15.3. The highest BCUT2D eigenvalue weighted by Crippen LogP contribution is 2.39. The van der Waals surface area contributed by atoms with Crippen molar-refractivity contribution < 1.29 is 27.9 Å².